The van der Waals surface area contributed by atoms with E-state index in [1.807, 2.05) is 0 Å². The first-order valence-electron chi connectivity index (χ1n) is 3.79. The van der Waals surface area contributed by atoms with Crippen LogP contribution in [0.2, 0.25) is 0 Å². The number of nitrogens with one attached hydrogen (secondary N) is 1. The summed E-state index contributed by atoms with van der Waals surface area (Å²) in [4.78, 5) is 0. The van der Waals surface area contributed by atoms with Crippen molar-refractivity contribution in [3.05, 3.63) is 0 Å². The van der Waals surface area contributed by atoms with E-state index in [-0.39, 0.29) is 0 Å². The molecule has 0 aromatic rings. The first-order valence-corrected chi connectivity index (χ1v) is 3.79. The largest absolute Gasteiger partial charge is 0.385 e. The van der Waals surface area contributed by atoms with Crippen LogP contribution in [0, 0.1) is 0 Å². The molecular weight excluding hydrogens is 128 g/mol. The molecule has 1 saturated heterocycles. The van der Waals surface area contributed by atoms with E-state index in [9.17, 15) is 0 Å². The molecular formula is C7H15N2O. The maximum Gasteiger partial charge on any atom is 0.0477 e. The molecule has 0 amide bonds. The zero-order valence-corrected chi connectivity index (χ0v) is 6.47. The molecule has 1 radical (unpaired) electrons. The van der Waals surface area contributed by atoms with Gasteiger partial charge in [0.2, 0.25) is 0 Å². The van der Waals surface area contributed by atoms with E-state index in [0.717, 1.165) is 32.7 Å². The molecule has 1 aliphatic rings. The van der Waals surface area contributed by atoms with E-state index in [1.165, 1.54) is 0 Å². The summed E-state index contributed by atoms with van der Waals surface area (Å²) in [5, 5.41) is 7.67. The molecule has 1 atom stereocenters. The minimum absolute atomic E-state index is 0.564. The lowest BCUT2D eigenvalue weighted by Gasteiger charge is -2.22. The lowest BCUT2D eigenvalue weighted by Crippen LogP contribution is -2.45. The molecule has 10 heavy (non-hydrogen) atoms. The lowest BCUT2D eigenvalue weighted by molar-refractivity contribution is 0.179. The molecule has 1 aliphatic heterocycles. The molecule has 0 saturated carbocycles. The minimum Gasteiger partial charge on any atom is -0.385 e. The standard InChI is InChI=1S/C7H15N2O/c1-10-5-2-7-6-8-3-4-9-7/h7,9H,2-6H2,1H3/t7-/m1/s1. The Kier molecular flexibility index (Phi) is 3.72. The van der Waals surface area contributed by atoms with Crippen LogP contribution in [0.5, 0.6) is 0 Å². The van der Waals surface area contributed by atoms with Crippen LogP contribution in [0.4, 0.5) is 0 Å². The summed E-state index contributed by atoms with van der Waals surface area (Å²) in [6.45, 7) is 3.81. The van der Waals surface area contributed by atoms with Crippen molar-refractivity contribution in [1.29, 1.82) is 0 Å². The van der Waals surface area contributed by atoms with Crippen LogP contribution in [-0.2, 0) is 4.74 Å². The quantitative estimate of drug-likeness (QED) is 0.583. The lowest BCUT2D eigenvalue weighted by atomic mass is 10.2. The number of rotatable bonds is 3. The van der Waals surface area contributed by atoms with Crippen molar-refractivity contribution in [3.8, 4) is 0 Å². The third-order valence-corrected chi connectivity index (χ3v) is 1.72. The molecule has 1 rings (SSSR count). The fraction of sp³-hybridized carbons (Fsp3) is 1.00. The molecule has 0 bridgehead atoms. The van der Waals surface area contributed by atoms with Crippen LogP contribution in [-0.4, -0.2) is 39.4 Å². The van der Waals surface area contributed by atoms with Gasteiger partial charge in [-0.3, -0.25) is 0 Å². The molecule has 0 aliphatic carbocycles. The van der Waals surface area contributed by atoms with Gasteiger partial charge in [0.25, 0.3) is 0 Å². The second-order valence-electron chi connectivity index (χ2n) is 2.56. The second kappa shape index (κ2) is 4.66. The molecule has 0 aromatic heterocycles. The molecule has 1 heterocycles. The van der Waals surface area contributed by atoms with E-state index in [1.54, 1.807) is 7.11 Å². The summed E-state index contributed by atoms with van der Waals surface area (Å²) < 4.78 is 4.96. The van der Waals surface area contributed by atoms with Gasteiger partial charge in [-0.2, -0.15) is 0 Å². The highest BCUT2D eigenvalue weighted by Crippen LogP contribution is 1.94. The number of hydrogen-bond acceptors (Lipinski definition) is 2. The van der Waals surface area contributed by atoms with Crippen molar-refractivity contribution in [1.82, 2.24) is 10.6 Å². The van der Waals surface area contributed by atoms with Gasteiger partial charge in [-0.25, -0.2) is 5.32 Å². The van der Waals surface area contributed by atoms with Crippen LogP contribution in [0.3, 0.4) is 0 Å². The normalized spacial score (nSPS) is 26.7. The summed E-state index contributed by atoms with van der Waals surface area (Å²) in [5.74, 6) is 0. The van der Waals surface area contributed by atoms with Gasteiger partial charge in [-0.15, -0.1) is 0 Å². The zero-order valence-electron chi connectivity index (χ0n) is 6.47. The van der Waals surface area contributed by atoms with Crippen molar-refractivity contribution < 1.29 is 4.74 Å². The molecule has 1 fully saturated rings. The van der Waals surface area contributed by atoms with Crippen LogP contribution >= 0.6 is 0 Å². The highest BCUT2D eigenvalue weighted by Gasteiger charge is 2.11. The molecule has 3 heteroatoms. The van der Waals surface area contributed by atoms with Gasteiger partial charge in [0, 0.05) is 39.4 Å². The van der Waals surface area contributed by atoms with Gasteiger partial charge in [-0.05, 0) is 6.42 Å². The van der Waals surface area contributed by atoms with E-state index in [4.69, 9.17) is 4.74 Å². The fourth-order valence-electron chi connectivity index (χ4n) is 1.11. The predicted molar refractivity (Wildman–Crippen MR) is 40.2 cm³/mol. The third kappa shape index (κ3) is 2.64. The highest BCUT2D eigenvalue weighted by molar-refractivity contribution is 4.74. The van der Waals surface area contributed by atoms with Crippen LogP contribution in [0.1, 0.15) is 6.42 Å². The number of nitrogens with zero attached hydrogens (tertiary/aromatic N) is 1. The van der Waals surface area contributed by atoms with Gasteiger partial charge in [0.1, 0.15) is 0 Å². The molecule has 0 aromatic carbocycles. The van der Waals surface area contributed by atoms with E-state index in [0.29, 0.717) is 6.04 Å². The van der Waals surface area contributed by atoms with Crippen LogP contribution in [0.15, 0.2) is 0 Å². The maximum absolute atomic E-state index is 4.96. The SMILES string of the molecule is COCC[C@@H]1C[N]CCN1. The summed E-state index contributed by atoms with van der Waals surface area (Å²) in [6.07, 6.45) is 1.08. The first kappa shape index (κ1) is 7.98. The Bertz CT molecular complexity index is 81.7. The van der Waals surface area contributed by atoms with Crippen LogP contribution in [0.25, 0.3) is 0 Å². The Morgan fingerprint density at radius 3 is 3.20 bits per heavy atom. The predicted octanol–water partition coefficient (Wildman–Crippen LogP) is -0.401. The highest BCUT2D eigenvalue weighted by atomic mass is 16.5. The van der Waals surface area contributed by atoms with Gasteiger partial charge >= 0.3 is 0 Å². The number of ether oxygens (including phenoxy) is 1. The van der Waals surface area contributed by atoms with Gasteiger partial charge in [0.05, 0.1) is 0 Å². The van der Waals surface area contributed by atoms with Gasteiger partial charge in [-0.1, -0.05) is 0 Å². The first-order chi connectivity index (χ1) is 4.93. The summed E-state index contributed by atoms with van der Waals surface area (Å²) in [6, 6.07) is 0.564. The molecule has 3 nitrogen and oxygen atoms in total. The Labute approximate surface area is 62.1 Å². The topological polar surface area (TPSA) is 35.4 Å². The Hall–Kier alpha value is -0.120. The average Bonchev–Trinajstić information content (AvgIpc) is 2.03. The number of methoxy groups -OCH3 is 1. The van der Waals surface area contributed by atoms with Crippen molar-refractivity contribution in [3.63, 3.8) is 0 Å². The Morgan fingerprint density at radius 2 is 2.60 bits per heavy atom. The third-order valence-electron chi connectivity index (χ3n) is 1.72. The minimum atomic E-state index is 0.564. The Balaban J connectivity index is 2.02. The van der Waals surface area contributed by atoms with Gasteiger partial charge in [0.15, 0.2) is 0 Å². The molecule has 59 valence electrons. The van der Waals surface area contributed by atoms with E-state index < -0.39 is 0 Å². The summed E-state index contributed by atoms with van der Waals surface area (Å²) >= 11 is 0. The van der Waals surface area contributed by atoms with Gasteiger partial charge < -0.3 is 10.1 Å². The van der Waals surface area contributed by atoms with Crippen molar-refractivity contribution >= 4 is 0 Å². The molecule has 1 N–H and O–H groups in total. The maximum atomic E-state index is 4.96. The summed E-state index contributed by atoms with van der Waals surface area (Å²) in [5.41, 5.74) is 0. The van der Waals surface area contributed by atoms with Crippen molar-refractivity contribution in [2.45, 2.75) is 12.5 Å². The Morgan fingerprint density at radius 1 is 1.70 bits per heavy atom. The van der Waals surface area contributed by atoms with E-state index >= 15 is 0 Å². The van der Waals surface area contributed by atoms with Crippen molar-refractivity contribution in [2.75, 3.05) is 33.4 Å². The smallest absolute Gasteiger partial charge is 0.0477 e. The summed E-state index contributed by atoms with van der Waals surface area (Å²) in [7, 11) is 1.74. The zero-order chi connectivity index (χ0) is 7.23. The molecule has 0 spiro atoms. The monoisotopic (exact) mass is 143 g/mol. The second-order valence-corrected chi connectivity index (χ2v) is 2.56. The fourth-order valence-corrected chi connectivity index (χ4v) is 1.11. The number of hydrogen-bond donors (Lipinski definition) is 1. The number of piperazine rings is 1. The molecule has 0 unspecified atom stereocenters. The van der Waals surface area contributed by atoms with E-state index in [2.05, 4.69) is 10.6 Å². The average molecular weight is 143 g/mol. The van der Waals surface area contributed by atoms with Crippen LogP contribution < -0.4 is 10.6 Å². The van der Waals surface area contributed by atoms with Crippen molar-refractivity contribution in [2.24, 2.45) is 0 Å².